The Hall–Kier alpha value is -3.45. The van der Waals surface area contributed by atoms with Crippen LogP contribution in [0.25, 0.3) is 11.4 Å². The van der Waals surface area contributed by atoms with Gasteiger partial charge in [0.2, 0.25) is 0 Å². The van der Waals surface area contributed by atoms with Crippen molar-refractivity contribution >= 4 is 0 Å². The molecule has 2 heterocycles. The molecule has 1 fully saturated rings. The van der Waals surface area contributed by atoms with Crippen molar-refractivity contribution in [1.82, 2.24) is 19.8 Å². The number of piperazine rings is 1. The molecule has 1 atom stereocenters. The van der Waals surface area contributed by atoms with Gasteiger partial charge in [0.05, 0.1) is 18.8 Å². The van der Waals surface area contributed by atoms with Crippen LogP contribution in [0.2, 0.25) is 0 Å². The number of benzene rings is 3. The van der Waals surface area contributed by atoms with Gasteiger partial charge in [-0.25, -0.2) is 4.98 Å². The largest absolute Gasteiger partial charge is 0.497 e. The molecule has 1 unspecified atom stereocenters. The fourth-order valence-corrected chi connectivity index (χ4v) is 5.13. The molecule has 4 aromatic rings. The number of aliphatic hydroxyl groups excluding tert-OH is 1. The van der Waals surface area contributed by atoms with E-state index in [2.05, 4.69) is 75.4 Å². The van der Waals surface area contributed by atoms with Crippen LogP contribution in [0.4, 0.5) is 0 Å². The summed E-state index contributed by atoms with van der Waals surface area (Å²) in [5.74, 6) is 1.53. The van der Waals surface area contributed by atoms with Gasteiger partial charge < -0.3 is 14.8 Å². The van der Waals surface area contributed by atoms with E-state index in [0.29, 0.717) is 12.2 Å². The smallest absolute Gasteiger partial charge is 0.138 e. The number of aliphatic hydroxyl groups is 1. The molecule has 186 valence electrons. The highest BCUT2D eigenvalue weighted by Crippen LogP contribution is 2.30. The minimum Gasteiger partial charge on any atom is -0.497 e. The van der Waals surface area contributed by atoms with Gasteiger partial charge in [0.1, 0.15) is 17.7 Å². The third-order valence-corrected chi connectivity index (χ3v) is 7.01. The molecule has 6 nitrogen and oxygen atoms in total. The van der Waals surface area contributed by atoms with Crippen molar-refractivity contribution in [3.63, 3.8) is 0 Å². The van der Waals surface area contributed by atoms with E-state index in [0.717, 1.165) is 49.0 Å². The average Bonchev–Trinajstić information content (AvgIpc) is 3.33. The van der Waals surface area contributed by atoms with E-state index >= 15 is 0 Å². The molecule has 0 bridgehead atoms. The van der Waals surface area contributed by atoms with E-state index < -0.39 is 6.10 Å². The van der Waals surface area contributed by atoms with Crippen molar-refractivity contribution < 1.29 is 9.84 Å². The van der Waals surface area contributed by atoms with Crippen molar-refractivity contribution in [3.8, 4) is 17.1 Å². The van der Waals surface area contributed by atoms with Gasteiger partial charge in [0.15, 0.2) is 0 Å². The lowest BCUT2D eigenvalue weighted by atomic mass is 9.96. The molecule has 36 heavy (non-hydrogen) atoms. The maximum atomic E-state index is 11.1. The zero-order valence-corrected chi connectivity index (χ0v) is 21.0. The van der Waals surface area contributed by atoms with Crippen molar-refractivity contribution in [1.29, 1.82) is 0 Å². The summed E-state index contributed by atoms with van der Waals surface area (Å²) in [7, 11) is 1.66. The summed E-state index contributed by atoms with van der Waals surface area (Å²) in [5.41, 5.74) is 5.18. The number of hydrogen-bond acceptors (Lipinski definition) is 5. The van der Waals surface area contributed by atoms with E-state index in [1.165, 1.54) is 11.1 Å². The number of imidazole rings is 1. The fraction of sp³-hybridized carbons (Fsp3) is 0.300. The highest BCUT2D eigenvalue weighted by atomic mass is 16.5. The Morgan fingerprint density at radius 2 is 1.53 bits per heavy atom. The molecule has 0 saturated carbocycles. The Kier molecular flexibility index (Phi) is 7.47. The molecule has 0 aliphatic carbocycles. The Balaban J connectivity index is 1.25. The predicted octanol–water partition coefficient (Wildman–Crippen LogP) is 4.83. The standard InChI is InChI=1S/C30H34N4O2/c1-22-28(32-30(31-22)25-14-9-15-26(20-25)36-2)27(35)21-33-16-18-34(19-17-33)29(23-10-5-3-6-11-23)24-12-7-4-8-13-24/h3-15,20,27,29,35H,16-19,21H2,1-2H3,(H,31,32). The van der Waals surface area contributed by atoms with Gasteiger partial charge in [-0.2, -0.15) is 0 Å². The van der Waals surface area contributed by atoms with Crippen LogP contribution in [-0.2, 0) is 0 Å². The first-order chi connectivity index (χ1) is 17.6. The van der Waals surface area contributed by atoms with Crippen molar-refractivity contribution in [2.45, 2.75) is 19.1 Å². The monoisotopic (exact) mass is 482 g/mol. The number of hydrogen-bond donors (Lipinski definition) is 2. The van der Waals surface area contributed by atoms with Crippen LogP contribution in [0.3, 0.4) is 0 Å². The van der Waals surface area contributed by atoms with Crippen LogP contribution in [0.1, 0.15) is 34.7 Å². The number of aromatic nitrogens is 2. The van der Waals surface area contributed by atoms with Gasteiger partial charge in [-0.3, -0.25) is 9.80 Å². The molecular formula is C30H34N4O2. The number of aromatic amines is 1. The highest BCUT2D eigenvalue weighted by Gasteiger charge is 2.28. The summed E-state index contributed by atoms with van der Waals surface area (Å²) in [6, 6.07) is 29.5. The number of methoxy groups -OCH3 is 1. The number of H-pyrrole nitrogens is 1. The molecule has 6 heteroatoms. The van der Waals surface area contributed by atoms with Crippen LogP contribution < -0.4 is 4.74 Å². The average molecular weight is 483 g/mol. The summed E-state index contributed by atoms with van der Waals surface area (Å²) in [4.78, 5) is 13.0. The predicted molar refractivity (Wildman–Crippen MR) is 143 cm³/mol. The van der Waals surface area contributed by atoms with Crippen LogP contribution in [0.5, 0.6) is 5.75 Å². The zero-order valence-electron chi connectivity index (χ0n) is 21.0. The quantitative estimate of drug-likeness (QED) is 0.377. The van der Waals surface area contributed by atoms with Crippen molar-refractivity contribution in [2.24, 2.45) is 0 Å². The van der Waals surface area contributed by atoms with Crippen LogP contribution in [0, 0.1) is 6.92 Å². The molecule has 5 rings (SSSR count). The number of nitrogens with zero attached hydrogens (tertiary/aromatic N) is 3. The minimum absolute atomic E-state index is 0.235. The summed E-state index contributed by atoms with van der Waals surface area (Å²) < 4.78 is 5.34. The number of nitrogens with one attached hydrogen (secondary N) is 1. The van der Waals surface area contributed by atoms with Crippen molar-refractivity contribution in [3.05, 3.63) is 107 Å². The van der Waals surface area contributed by atoms with E-state index in [9.17, 15) is 5.11 Å². The zero-order chi connectivity index (χ0) is 24.9. The lowest BCUT2D eigenvalue weighted by Crippen LogP contribution is -2.48. The maximum Gasteiger partial charge on any atom is 0.138 e. The first-order valence-corrected chi connectivity index (χ1v) is 12.6. The molecule has 0 amide bonds. The number of β-amino-alcohol motifs (C(OH)–C–C–N with tert-alkyl or cyclic N) is 1. The molecule has 1 aliphatic rings. The number of aryl methyl sites for hydroxylation is 1. The molecular weight excluding hydrogens is 448 g/mol. The Morgan fingerprint density at radius 1 is 0.889 bits per heavy atom. The summed E-state index contributed by atoms with van der Waals surface area (Å²) in [5, 5.41) is 11.1. The number of rotatable bonds is 8. The molecule has 1 saturated heterocycles. The second-order valence-electron chi connectivity index (χ2n) is 9.40. The lowest BCUT2D eigenvalue weighted by Gasteiger charge is -2.40. The van der Waals surface area contributed by atoms with E-state index in [4.69, 9.17) is 9.72 Å². The normalized spacial score (nSPS) is 15.8. The summed E-state index contributed by atoms with van der Waals surface area (Å²) in [6.45, 7) is 6.22. The third kappa shape index (κ3) is 5.36. The van der Waals surface area contributed by atoms with Gasteiger partial charge >= 0.3 is 0 Å². The fourth-order valence-electron chi connectivity index (χ4n) is 5.13. The Labute approximate surface area is 213 Å². The SMILES string of the molecule is COc1cccc(-c2nc(C(O)CN3CCN(C(c4ccccc4)c4ccccc4)CC3)c(C)[nH]2)c1. The highest BCUT2D eigenvalue weighted by molar-refractivity contribution is 5.58. The Morgan fingerprint density at radius 3 is 2.14 bits per heavy atom. The molecule has 0 radical (unpaired) electrons. The van der Waals surface area contributed by atoms with Crippen LogP contribution >= 0.6 is 0 Å². The third-order valence-electron chi connectivity index (χ3n) is 7.01. The first kappa shape index (κ1) is 24.3. The summed E-state index contributed by atoms with van der Waals surface area (Å²) in [6.07, 6.45) is -0.647. The molecule has 0 spiro atoms. The van der Waals surface area contributed by atoms with Gasteiger partial charge in [-0.1, -0.05) is 72.8 Å². The van der Waals surface area contributed by atoms with Gasteiger partial charge in [-0.05, 0) is 30.2 Å². The topological polar surface area (TPSA) is 64.6 Å². The van der Waals surface area contributed by atoms with Crippen LogP contribution in [0.15, 0.2) is 84.9 Å². The van der Waals surface area contributed by atoms with E-state index in [-0.39, 0.29) is 6.04 Å². The van der Waals surface area contributed by atoms with E-state index in [1.54, 1.807) is 7.11 Å². The van der Waals surface area contributed by atoms with Crippen molar-refractivity contribution in [2.75, 3.05) is 39.8 Å². The molecule has 3 aromatic carbocycles. The van der Waals surface area contributed by atoms with Gasteiger partial charge in [0.25, 0.3) is 0 Å². The molecule has 1 aromatic heterocycles. The van der Waals surface area contributed by atoms with Gasteiger partial charge in [0, 0.05) is 44.0 Å². The molecule has 1 aliphatic heterocycles. The van der Waals surface area contributed by atoms with Crippen LogP contribution in [-0.4, -0.2) is 64.7 Å². The van der Waals surface area contributed by atoms with E-state index in [1.807, 2.05) is 31.2 Å². The van der Waals surface area contributed by atoms with Gasteiger partial charge in [-0.15, -0.1) is 0 Å². The lowest BCUT2D eigenvalue weighted by molar-refractivity contribution is 0.0606. The number of ether oxygens (including phenoxy) is 1. The maximum absolute atomic E-state index is 11.1. The minimum atomic E-state index is -0.647. The second-order valence-corrected chi connectivity index (χ2v) is 9.40. The Bertz CT molecular complexity index is 1210. The molecule has 2 N–H and O–H groups in total. The second kappa shape index (κ2) is 11.1. The summed E-state index contributed by atoms with van der Waals surface area (Å²) >= 11 is 0. The first-order valence-electron chi connectivity index (χ1n) is 12.6.